The predicted molar refractivity (Wildman–Crippen MR) is 96.9 cm³/mol. The van der Waals surface area contributed by atoms with Crippen LogP contribution in [0.3, 0.4) is 0 Å². The Hall–Kier alpha value is -2.47. The molecule has 1 unspecified atom stereocenters. The molecule has 0 radical (unpaired) electrons. The second-order valence-electron chi connectivity index (χ2n) is 6.24. The van der Waals surface area contributed by atoms with Gasteiger partial charge in [0.1, 0.15) is 11.5 Å². The Kier molecular flexibility index (Phi) is 5.60. The van der Waals surface area contributed by atoms with Crippen molar-refractivity contribution in [2.45, 2.75) is 13.0 Å². The zero-order valence-corrected chi connectivity index (χ0v) is 14.8. The van der Waals surface area contributed by atoms with Gasteiger partial charge in [0, 0.05) is 26.2 Å². The third kappa shape index (κ3) is 4.33. The smallest absolute Gasteiger partial charge is 0.234 e. The Balaban J connectivity index is 1.48. The third-order valence-corrected chi connectivity index (χ3v) is 4.51. The van der Waals surface area contributed by atoms with Crippen molar-refractivity contribution < 1.29 is 13.9 Å². The van der Waals surface area contributed by atoms with Crippen molar-refractivity contribution in [3.05, 3.63) is 48.4 Å². The number of nitrogens with zero attached hydrogens (tertiary/aromatic N) is 2. The molecule has 0 bridgehead atoms. The molecule has 1 aromatic carbocycles. The highest BCUT2D eigenvalue weighted by Crippen LogP contribution is 2.28. The van der Waals surface area contributed by atoms with Crippen molar-refractivity contribution in [3.63, 3.8) is 0 Å². The molecule has 25 heavy (non-hydrogen) atoms. The summed E-state index contributed by atoms with van der Waals surface area (Å²) in [5, 5.41) is 2.98. The van der Waals surface area contributed by atoms with Crippen LogP contribution in [0.25, 0.3) is 0 Å². The van der Waals surface area contributed by atoms with Gasteiger partial charge in [0.15, 0.2) is 0 Å². The van der Waals surface area contributed by atoms with Gasteiger partial charge in [0.2, 0.25) is 5.91 Å². The van der Waals surface area contributed by atoms with Crippen LogP contribution < -0.4 is 15.0 Å². The fraction of sp³-hybridized carbons (Fsp3) is 0.421. The predicted octanol–water partition coefficient (Wildman–Crippen LogP) is 2.29. The maximum atomic E-state index is 12.2. The van der Waals surface area contributed by atoms with Gasteiger partial charge >= 0.3 is 0 Å². The summed E-state index contributed by atoms with van der Waals surface area (Å²) < 4.78 is 10.8. The number of nitrogens with one attached hydrogen (secondary N) is 1. The minimum Gasteiger partial charge on any atom is -0.495 e. The van der Waals surface area contributed by atoms with E-state index in [9.17, 15) is 4.79 Å². The molecule has 1 atom stereocenters. The zero-order valence-electron chi connectivity index (χ0n) is 14.8. The highest BCUT2D eigenvalue weighted by molar-refractivity contribution is 5.78. The lowest BCUT2D eigenvalue weighted by molar-refractivity contribution is -0.123. The second-order valence-corrected chi connectivity index (χ2v) is 6.24. The molecular weight excluding hydrogens is 318 g/mol. The molecule has 1 aliphatic rings. The summed E-state index contributed by atoms with van der Waals surface area (Å²) in [4.78, 5) is 16.7. The largest absolute Gasteiger partial charge is 0.495 e. The van der Waals surface area contributed by atoms with Gasteiger partial charge in [0.05, 0.1) is 31.6 Å². The Bertz CT molecular complexity index is 679. The van der Waals surface area contributed by atoms with E-state index < -0.39 is 0 Å². The van der Waals surface area contributed by atoms with Crippen LogP contribution in [0.2, 0.25) is 0 Å². The molecule has 1 amide bonds. The normalized spacial score (nSPS) is 16.5. The molecule has 1 aromatic heterocycles. The molecule has 1 aliphatic heterocycles. The second kappa shape index (κ2) is 8.07. The van der Waals surface area contributed by atoms with Crippen LogP contribution in [0, 0.1) is 0 Å². The molecule has 1 N–H and O–H groups in total. The molecule has 0 aliphatic carbocycles. The molecule has 1 fully saturated rings. The van der Waals surface area contributed by atoms with Crippen LogP contribution in [0.15, 0.2) is 47.1 Å². The number of piperazine rings is 1. The van der Waals surface area contributed by atoms with E-state index in [1.807, 2.05) is 37.3 Å². The number of anilines is 1. The van der Waals surface area contributed by atoms with Crippen LogP contribution >= 0.6 is 0 Å². The van der Waals surface area contributed by atoms with E-state index in [1.54, 1.807) is 13.4 Å². The van der Waals surface area contributed by atoms with E-state index in [2.05, 4.69) is 21.2 Å². The number of amides is 1. The molecule has 2 aromatic rings. The zero-order chi connectivity index (χ0) is 17.6. The van der Waals surface area contributed by atoms with Gasteiger partial charge in [-0.3, -0.25) is 9.69 Å². The van der Waals surface area contributed by atoms with Crippen LogP contribution in [-0.2, 0) is 4.79 Å². The molecule has 0 spiro atoms. The van der Waals surface area contributed by atoms with E-state index in [0.29, 0.717) is 6.54 Å². The summed E-state index contributed by atoms with van der Waals surface area (Å²) in [5.41, 5.74) is 1.11. The number of ether oxygens (including phenoxy) is 1. The molecule has 6 nitrogen and oxygen atoms in total. The van der Waals surface area contributed by atoms with Crippen LogP contribution in [-0.4, -0.2) is 50.6 Å². The van der Waals surface area contributed by atoms with Gasteiger partial charge in [0.25, 0.3) is 0 Å². The topological polar surface area (TPSA) is 58.0 Å². The first-order chi connectivity index (χ1) is 12.2. The van der Waals surface area contributed by atoms with Gasteiger partial charge in [-0.25, -0.2) is 0 Å². The summed E-state index contributed by atoms with van der Waals surface area (Å²) in [6.45, 7) is 5.78. The fourth-order valence-corrected chi connectivity index (χ4v) is 3.14. The van der Waals surface area contributed by atoms with Crippen molar-refractivity contribution in [1.29, 1.82) is 0 Å². The highest BCUT2D eigenvalue weighted by Gasteiger charge is 2.22. The minimum absolute atomic E-state index is 0.0228. The number of carbonyl (C=O) groups is 1. The van der Waals surface area contributed by atoms with Crippen LogP contribution in [0.5, 0.6) is 5.75 Å². The van der Waals surface area contributed by atoms with Crippen molar-refractivity contribution in [2.75, 3.05) is 44.7 Å². The van der Waals surface area contributed by atoms with Crippen molar-refractivity contribution in [3.8, 4) is 5.75 Å². The van der Waals surface area contributed by atoms with Crippen molar-refractivity contribution in [2.24, 2.45) is 0 Å². The minimum atomic E-state index is -0.114. The average molecular weight is 343 g/mol. The number of benzene rings is 1. The SMILES string of the molecule is COc1ccccc1N1CCN(CC(=O)NC(C)c2ccco2)CC1. The third-order valence-electron chi connectivity index (χ3n) is 4.51. The number of methoxy groups -OCH3 is 1. The van der Waals surface area contributed by atoms with Crippen LogP contribution in [0.4, 0.5) is 5.69 Å². The van der Waals surface area contributed by atoms with E-state index in [4.69, 9.17) is 9.15 Å². The van der Waals surface area contributed by atoms with Gasteiger partial charge in [-0.1, -0.05) is 12.1 Å². The molecule has 3 rings (SSSR count). The number of hydrogen-bond donors (Lipinski definition) is 1. The molecular formula is C19H25N3O3. The lowest BCUT2D eigenvalue weighted by Crippen LogP contribution is -2.49. The first kappa shape index (κ1) is 17.4. The fourth-order valence-electron chi connectivity index (χ4n) is 3.14. The number of rotatable bonds is 6. The summed E-state index contributed by atoms with van der Waals surface area (Å²) in [7, 11) is 1.69. The van der Waals surface area contributed by atoms with Gasteiger partial charge in [-0.05, 0) is 31.2 Å². The average Bonchev–Trinajstić information content (AvgIpc) is 3.17. The Morgan fingerprint density at radius 2 is 1.96 bits per heavy atom. The summed E-state index contributed by atoms with van der Waals surface area (Å²) >= 11 is 0. The maximum absolute atomic E-state index is 12.2. The number of para-hydroxylation sites is 2. The van der Waals surface area contributed by atoms with E-state index in [0.717, 1.165) is 43.4 Å². The number of furan rings is 1. The lowest BCUT2D eigenvalue weighted by atomic mass is 10.2. The number of carbonyl (C=O) groups excluding carboxylic acids is 1. The Morgan fingerprint density at radius 3 is 2.64 bits per heavy atom. The van der Waals surface area contributed by atoms with Crippen molar-refractivity contribution >= 4 is 11.6 Å². The van der Waals surface area contributed by atoms with E-state index in [-0.39, 0.29) is 11.9 Å². The highest BCUT2D eigenvalue weighted by atomic mass is 16.5. The quantitative estimate of drug-likeness (QED) is 0.872. The lowest BCUT2D eigenvalue weighted by Gasteiger charge is -2.36. The van der Waals surface area contributed by atoms with Crippen molar-refractivity contribution in [1.82, 2.24) is 10.2 Å². The van der Waals surface area contributed by atoms with E-state index in [1.165, 1.54) is 0 Å². The summed E-state index contributed by atoms with van der Waals surface area (Å²) in [6.07, 6.45) is 1.62. The molecule has 6 heteroatoms. The van der Waals surface area contributed by atoms with Gasteiger partial charge in [-0.2, -0.15) is 0 Å². The molecule has 134 valence electrons. The Morgan fingerprint density at radius 1 is 1.20 bits per heavy atom. The molecule has 0 saturated carbocycles. The number of hydrogen-bond acceptors (Lipinski definition) is 5. The summed E-state index contributed by atoms with van der Waals surface area (Å²) in [6, 6.07) is 11.6. The monoisotopic (exact) mass is 343 g/mol. The maximum Gasteiger partial charge on any atom is 0.234 e. The van der Waals surface area contributed by atoms with Gasteiger partial charge in [-0.15, -0.1) is 0 Å². The Labute approximate surface area is 148 Å². The van der Waals surface area contributed by atoms with Gasteiger partial charge < -0.3 is 19.4 Å². The standard InChI is InChI=1S/C19H25N3O3/c1-15(17-8-5-13-25-17)20-19(23)14-21-9-11-22(12-10-21)16-6-3-4-7-18(16)24-2/h3-8,13,15H,9-12,14H2,1-2H3,(H,20,23). The van der Waals surface area contributed by atoms with Crippen LogP contribution in [0.1, 0.15) is 18.7 Å². The molecule has 2 heterocycles. The first-order valence-corrected chi connectivity index (χ1v) is 8.60. The molecule has 1 saturated heterocycles. The summed E-state index contributed by atoms with van der Waals surface area (Å²) in [5.74, 6) is 1.69. The van der Waals surface area contributed by atoms with E-state index >= 15 is 0 Å². The first-order valence-electron chi connectivity index (χ1n) is 8.60.